The quantitative estimate of drug-likeness (QED) is 0.762. The summed E-state index contributed by atoms with van der Waals surface area (Å²) >= 11 is 1.73. The zero-order chi connectivity index (χ0) is 12.0. The molecule has 0 aliphatic heterocycles. The number of nitrogens with one attached hydrogen (secondary N) is 1. The SMILES string of the molecule is CCNC(CC)C(C)Sc1cccc(F)c1. The molecule has 0 heterocycles. The lowest BCUT2D eigenvalue weighted by Gasteiger charge is -2.23. The highest BCUT2D eigenvalue weighted by atomic mass is 32.2. The van der Waals surface area contributed by atoms with Crippen molar-refractivity contribution in [3.8, 4) is 0 Å². The molecule has 90 valence electrons. The van der Waals surface area contributed by atoms with Gasteiger partial charge in [0.2, 0.25) is 0 Å². The lowest BCUT2D eigenvalue weighted by molar-refractivity contribution is 0.509. The first-order valence-electron chi connectivity index (χ1n) is 5.83. The van der Waals surface area contributed by atoms with Crippen molar-refractivity contribution in [1.29, 1.82) is 0 Å². The second kappa shape index (κ2) is 6.92. The Hall–Kier alpha value is -0.540. The van der Waals surface area contributed by atoms with E-state index in [0.29, 0.717) is 11.3 Å². The summed E-state index contributed by atoms with van der Waals surface area (Å²) < 4.78 is 13.0. The third-order valence-corrected chi connectivity index (χ3v) is 3.82. The molecule has 16 heavy (non-hydrogen) atoms. The van der Waals surface area contributed by atoms with Gasteiger partial charge in [-0.2, -0.15) is 0 Å². The first-order chi connectivity index (χ1) is 7.67. The Balaban J connectivity index is 2.58. The first-order valence-corrected chi connectivity index (χ1v) is 6.71. The van der Waals surface area contributed by atoms with Crippen molar-refractivity contribution in [2.24, 2.45) is 0 Å². The second-order valence-corrected chi connectivity index (χ2v) is 5.30. The molecule has 0 spiro atoms. The van der Waals surface area contributed by atoms with Crippen LogP contribution in [0.15, 0.2) is 29.2 Å². The molecule has 0 aliphatic rings. The number of hydrogen-bond acceptors (Lipinski definition) is 2. The smallest absolute Gasteiger partial charge is 0.124 e. The Bertz CT molecular complexity index is 317. The molecule has 3 heteroatoms. The topological polar surface area (TPSA) is 12.0 Å². The fourth-order valence-corrected chi connectivity index (χ4v) is 2.96. The van der Waals surface area contributed by atoms with Crippen LogP contribution in [0.3, 0.4) is 0 Å². The van der Waals surface area contributed by atoms with E-state index in [1.807, 2.05) is 6.07 Å². The molecule has 1 nitrogen and oxygen atoms in total. The van der Waals surface area contributed by atoms with Crippen LogP contribution in [0.25, 0.3) is 0 Å². The summed E-state index contributed by atoms with van der Waals surface area (Å²) in [5.74, 6) is -0.159. The molecule has 1 N–H and O–H groups in total. The fraction of sp³-hybridized carbons (Fsp3) is 0.538. The van der Waals surface area contributed by atoms with E-state index in [0.717, 1.165) is 17.9 Å². The van der Waals surface area contributed by atoms with Crippen LogP contribution in [0, 0.1) is 5.82 Å². The van der Waals surface area contributed by atoms with Crippen LogP contribution in [0.2, 0.25) is 0 Å². The maximum absolute atomic E-state index is 13.0. The van der Waals surface area contributed by atoms with Crippen LogP contribution in [0.1, 0.15) is 27.2 Å². The first kappa shape index (κ1) is 13.5. The van der Waals surface area contributed by atoms with Crippen molar-refractivity contribution in [2.45, 2.75) is 43.4 Å². The van der Waals surface area contributed by atoms with E-state index in [2.05, 4.69) is 26.1 Å². The van der Waals surface area contributed by atoms with E-state index in [1.165, 1.54) is 6.07 Å². The van der Waals surface area contributed by atoms with Gasteiger partial charge in [0.05, 0.1) is 0 Å². The number of thioether (sulfide) groups is 1. The van der Waals surface area contributed by atoms with Gasteiger partial charge in [-0.1, -0.05) is 26.8 Å². The molecule has 1 rings (SSSR count). The van der Waals surface area contributed by atoms with E-state index in [4.69, 9.17) is 0 Å². The van der Waals surface area contributed by atoms with Crippen LogP contribution in [-0.4, -0.2) is 17.8 Å². The molecule has 0 aromatic heterocycles. The zero-order valence-corrected chi connectivity index (χ0v) is 11.0. The van der Waals surface area contributed by atoms with Crippen LogP contribution < -0.4 is 5.32 Å². The minimum atomic E-state index is -0.159. The zero-order valence-electron chi connectivity index (χ0n) is 10.2. The van der Waals surface area contributed by atoms with E-state index in [-0.39, 0.29) is 5.82 Å². The summed E-state index contributed by atoms with van der Waals surface area (Å²) in [5, 5.41) is 3.90. The molecule has 0 saturated heterocycles. The Morgan fingerprint density at radius 1 is 1.38 bits per heavy atom. The summed E-state index contributed by atoms with van der Waals surface area (Å²) in [6.45, 7) is 7.46. The number of benzene rings is 1. The summed E-state index contributed by atoms with van der Waals surface area (Å²) in [6, 6.07) is 7.29. The van der Waals surface area contributed by atoms with Gasteiger partial charge in [0.1, 0.15) is 5.82 Å². The van der Waals surface area contributed by atoms with Crippen LogP contribution in [0.5, 0.6) is 0 Å². The van der Waals surface area contributed by atoms with Crippen molar-refractivity contribution >= 4 is 11.8 Å². The molecule has 1 aromatic carbocycles. The molecule has 0 aliphatic carbocycles. The van der Waals surface area contributed by atoms with Crippen LogP contribution >= 0.6 is 11.8 Å². The van der Waals surface area contributed by atoms with E-state index in [9.17, 15) is 4.39 Å². The molecule has 0 amide bonds. The Morgan fingerprint density at radius 3 is 2.69 bits per heavy atom. The Morgan fingerprint density at radius 2 is 2.12 bits per heavy atom. The molecule has 2 unspecified atom stereocenters. The average Bonchev–Trinajstić information content (AvgIpc) is 2.25. The number of rotatable bonds is 6. The van der Waals surface area contributed by atoms with E-state index in [1.54, 1.807) is 23.9 Å². The van der Waals surface area contributed by atoms with Gasteiger partial charge in [-0.25, -0.2) is 4.39 Å². The highest BCUT2D eigenvalue weighted by molar-refractivity contribution is 8.00. The minimum Gasteiger partial charge on any atom is -0.313 e. The van der Waals surface area contributed by atoms with Gasteiger partial charge >= 0.3 is 0 Å². The van der Waals surface area contributed by atoms with Gasteiger partial charge in [0.15, 0.2) is 0 Å². The van der Waals surface area contributed by atoms with Crippen LogP contribution in [-0.2, 0) is 0 Å². The lowest BCUT2D eigenvalue weighted by Crippen LogP contribution is -2.35. The van der Waals surface area contributed by atoms with Gasteiger partial charge in [0, 0.05) is 16.2 Å². The van der Waals surface area contributed by atoms with Crippen LogP contribution in [0.4, 0.5) is 4.39 Å². The summed E-state index contributed by atoms with van der Waals surface area (Å²) in [7, 11) is 0. The van der Waals surface area contributed by atoms with Crippen molar-refractivity contribution in [3.05, 3.63) is 30.1 Å². The molecule has 0 radical (unpaired) electrons. The summed E-state index contributed by atoms with van der Waals surface area (Å²) in [5.41, 5.74) is 0. The summed E-state index contributed by atoms with van der Waals surface area (Å²) in [4.78, 5) is 1.00. The molecule has 2 atom stereocenters. The minimum absolute atomic E-state index is 0.159. The van der Waals surface area contributed by atoms with Crippen molar-refractivity contribution in [2.75, 3.05) is 6.54 Å². The monoisotopic (exact) mass is 241 g/mol. The maximum atomic E-state index is 13.0. The molecular formula is C13H20FNS. The van der Waals surface area contributed by atoms with Crippen molar-refractivity contribution < 1.29 is 4.39 Å². The van der Waals surface area contributed by atoms with Gasteiger partial charge < -0.3 is 5.32 Å². The summed E-state index contributed by atoms with van der Waals surface area (Å²) in [6.07, 6.45) is 1.09. The van der Waals surface area contributed by atoms with Crippen molar-refractivity contribution in [1.82, 2.24) is 5.32 Å². The van der Waals surface area contributed by atoms with Gasteiger partial charge in [-0.05, 0) is 31.2 Å². The molecule has 0 fully saturated rings. The standard InChI is InChI=1S/C13H20FNS/c1-4-13(15-5-2)10(3)16-12-8-6-7-11(14)9-12/h6-10,13,15H,4-5H2,1-3H3. The molecule has 1 aromatic rings. The molecule has 0 saturated carbocycles. The molecule has 0 bridgehead atoms. The lowest BCUT2D eigenvalue weighted by atomic mass is 10.2. The van der Waals surface area contributed by atoms with Gasteiger partial charge in [0.25, 0.3) is 0 Å². The molecular weight excluding hydrogens is 221 g/mol. The van der Waals surface area contributed by atoms with E-state index < -0.39 is 0 Å². The van der Waals surface area contributed by atoms with Gasteiger partial charge in [-0.15, -0.1) is 11.8 Å². The van der Waals surface area contributed by atoms with E-state index >= 15 is 0 Å². The van der Waals surface area contributed by atoms with Crippen molar-refractivity contribution in [3.63, 3.8) is 0 Å². The fourth-order valence-electron chi connectivity index (χ4n) is 1.74. The average molecular weight is 241 g/mol. The number of halogens is 1. The predicted octanol–water partition coefficient (Wildman–Crippen LogP) is 3.69. The Kier molecular flexibility index (Phi) is 5.85. The third kappa shape index (κ3) is 4.14. The second-order valence-electron chi connectivity index (χ2n) is 3.85. The normalized spacial score (nSPS) is 14.8. The predicted molar refractivity (Wildman–Crippen MR) is 69.5 cm³/mol. The maximum Gasteiger partial charge on any atom is 0.124 e. The van der Waals surface area contributed by atoms with Gasteiger partial charge in [-0.3, -0.25) is 0 Å². The third-order valence-electron chi connectivity index (χ3n) is 2.59. The highest BCUT2D eigenvalue weighted by Crippen LogP contribution is 2.26. The Labute approximate surface area is 102 Å². The number of hydrogen-bond donors (Lipinski definition) is 1. The largest absolute Gasteiger partial charge is 0.313 e. The highest BCUT2D eigenvalue weighted by Gasteiger charge is 2.15.